The highest BCUT2D eigenvalue weighted by Gasteiger charge is 2.61. The summed E-state index contributed by atoms with van der Waals surface area (Å²) < 4.78 is 10.6. The number of carbonyl (C=O) groups excluding carboxylic acids is 2. The lowest BCUT2D eigenvalue weighted by molar-refractivity contribution is -0.385. The number of benzene rings is 3. The SMILES string of the molecule is COc1cc([C@H]2[C@H]3C(=O)N(c4ccc([N+](=O)[O-])cc4)C(=O)[C@H]3ON2c2ccccc2)c([N+](=O)[O-])cc1OC. The van der Waals surface area contributed by atoms with Crippen molar-refractivity contribution >= 4 is 34.6 Å². The Morgan fingerprint density at radius 3 is 2.03 bits per heavy atom. The number of nitrogens with zero attached hydrogens (tertiary/aromatic N) is 4. The summed E-state index contributed by atoms with van der Waals surface area (Å²) in [5.74, 6) is -2.23. The molecule has 0 aliphatic carbocycles. The molecule has 2 saturated heterocycles. The molecule has 3 atom stereocenters. The molecule has 0 spiro atoms. The summed E-state index contributed by atoms with van der Waals surface area (Å²) in [5, 5.41) is 24.5. The van der Waals surface area contributed by atoms with Gasteiger partial charge in [0.2, 0.25) is 5.91 Å². The molecule has 13 heteroatoms. The number of imide groups is 1. The number of hydrogen-bond acceptors (Lipinski definition) is 10. The van der Waals surface area contributed by atoms with Gasteiger partial charge in [-0.2, -0.15) is 0 Å². The van der Waals surface area contributed by atoms with Crippen LogP contribution in [-0.4, -0.2) is 42.0 Å². The highest BCUT2D eigenvalue weighted by molar-refractivity contribution is 6.24. The van der Waals surface area contributed by atoms with Crippen LogP contribution in [0.5, 0.6) is 11.5 Å². The molecule has 2 fully saturated rings. The molecule has 5 rings (SSSR count). The molecule has 2 aliphatic heterocycles. The molecule has 2 aliphatic rings. The zero-order valence-corrected chi connectivity index (χ0v) is 20.0. The minimum atomic E-state index is -1.30. The van der Waals surface area contributed by atoms with E-state index in [-0.39, 0.29) is 34.1 Å². The van der Waals surface area contributed by atoms with Crippen LogP contribution in [0.15, 0.2) is 66.7 Å². The summed E-state index contributed by atoms with van der Waals surface area (Å²) in [6, 6.07) is 15.0. The van der Waals surface area contributed by atoms with E-state index in [0.29, 0.717) is 5.69 Å². The van der Waals surface area contributed by atoms with Crippen molar-refractivity contribution in [1.29, 1.82) is 0 Å². The number of methoxy groups -OCH3 is 2. The minimum absolute atomic E-state index is 0.0794. The molecule has 0 bridgehead atoms. The third-order valence-electron chi connectivity index (χ3n) is 6.49. The quantitative estimate of drug-likeness (QED) is 0.256. The summed E-state index contributed by atoms with van der Waals surface area (Å²) in [4.78, 5) is 56.1. The van der Waals surface area contributed by atoms with E-state index in [1.807, 2.05) is 0 Å². The van der Waals surface area contributed by atoms with Gasteiger partial charge in [-0.3, -0.25) is 34.7 Å². The van der Waals surface area contributed by atoms with Gasteiger partial charge in [0.15, 0.2) is 17.6 Å². The minimum Gasteiger partial charge on any atom is -0.493 e. The smallest absolute Gasteiger partial charge is 0.278 e. The number of hydrogen-bond donors (Lipinski definition) is 0. The van der Waals surface area contributed by atoms with E-state index in [9.17, 15) is 29.8 Å². The van der Waals surface area contributed by atoms with E-state index in [1.54, 1.807) is 30.3 Å². The van der Waals surface area contributed by atoms with Crippen LogP contribution in [0.1, 0.15) is 11.6 Å². The molecule has 0 radical (unpaired) electrons. The van der Waals surface area contributed by atoms with Crippen molar-refractivity contribution in [2.45, 2.75) is 12.1 Å². The molecule has 13 nitrogen and oxygen atoms in total. The maximum Gasteiger partial charge on any atom is 0.278 e. The summed E-state index contributed by atoms with van der Waals surface area (Å²) >= 11 is 0. The number of para-hydroxylation sites is 1. The van der Waals surface area contributed by atoms with E-state index < -0.39 is 39.7 Å². The topological polar surface area (TPSA) is 155 Å². The molecule has 0 unspecified atom stereocenters. The molecule has 3 aromatic carbocycles. The van der Waals surface area contributed by atoms with Crippen LogP contribution < -0.4 is 19.4 Å². The fourth-order valence-electron chi connectivity index (χ4n) is 4.79. The Morgan fingerprint density at radius 2 is 1.45 bits per heavy atom. The van der Waals surface area contributed by atoms with Gasteiger partial charge in [-0.25, -0.2) is 9.96 Å². The number of nitro groups is 2. The molecule has 2 amide bonds. The van der Waals surface area contributed by atoms with Crippen molar-refractivity contribution in [2.75, 3.05) is 24.2 Å². The summed E-state index contributed by atoms with van der Waals surface area (Å²) in [6.07, 6.45) is -1.30. The van der Waals surface area contributed by atoms with E-state index in [2.05, 4.69) is 0 Å². The number of rotatable bonds is 7. The van der Waals surface area contributed by atoms with Gasteiger partial charge >= 0.3 is 0 Å². The van der Waals surface area contributed by atoms with E-state index >= 15 is 0 Å². The first-order valence-electron chi connectivity index (χ1n) is 11.3. The van der Waals surface area contributed by atoms with Crippen molar-refractivity contribution < 1.29 is 33.7 Å². The summed E-state index contributed by atoms with van der Waals surface area (Å²) in [7, 11) is 2.71. The van der Waals surface area contributed by atoms with Crippen molar-refractivity contribution in [1.82, 2.24) is 0 Å². The van der Waals surface area contributed by atoms with Crippen LogP contribution in [0.3, 0.4) is 0 Å². The fraction of sp³-hybridized carbons (Fsp3) is 0.200. The Balaban J connectivity index is 1.65. The van der Waals surface area contributed by atoms with Gasteiger partial charge in [-0.15, -0.1) is 0 Å². The average Bonchev–Trinajstić information content (AvgIpc) is 3.43. The van der Waals surface area contributed by atoms with Crippen LogP contribution in [0, 0.1) is 26.1 Å². The third kappa shape index (κ3) is 3.85. The first-order valence-corrected chi connectivity index (χ1v) is 11.3. The normalized spacial score (nSPS) is 20.4. The second kappa shape index (κ2) is 9.44. The highest BCUT2D eigenvalue weighted by atomic mass is 16.7. The second-order valence-corrected chi connectivity index (χ2v) is 8.47. The molecule has 3 aromatic rings. The first kappa shape index (κ1) is 24.6. The lowest BCUT2D eigenvalue weighted by Gasteiger charge is -2.28. The molecule has 0 saturated carbocycles. The molecule has 38 heavy (non-hydrogen) atoms. The molecule has 194 valence electrons. The van der Waals surface area contributed by atoms with Crippen molar-refractivity contribution in [3.8, 4) is 11.5 Å². The van der Waals surface area contributed by atoms with Crippen LogP contribution in [-0.2, 0) is 14.4 Å². The van der Waals surface area contributed by atoms with Gasteiger partial charge in [-0.05, 0) is 30.3 Å². The maximum absolute atomic E-state index is 13.8. The number of amides is 2. The maximum atomic E-state index is 13.8. The lowest BCUT2D eigenvalue weighted by Crippen LogP contribution is -2.37. The number of carbonyl (C=O) groups is 2. The predicted molar refractivity (Wildman–Crippen MR) is 132 cm³/mol. The molecular weight excluding hydrogens is 500 g/mol. The zero-order chi connectivity index (χ0) is 27.1. The number of ether oxygens (including phenoxy) is 2. The van der Waals surface area contributed by atoms with Gasteiger partial charge in [0.1, 0.15) is 12.0 Å². The van der Waals surface area contributed by atoms with Gasteiger partial charge in [0, 0.05) is 12.1 Å². The Morgan fingerprint density at radius 1 is 0.816 bits per heavy atom. The fourth-order valence-corrected chi connectivity index (χ4v) is 4.79. The van der Waals surface area contributed by atoms with Gasteiger partial charge in [0.05, 0.1) is 47.1 Å². The number of nitro benzene ring substituents is 2. The standard InChI is InChI=1S/C25H20N4O9/c1-36-19-12-17(18(29(34)35)13-20(19)37-2)22-21-23(38-27(22)15-6-4-3-5-7-15)25(31)26(24(21)30)14-8-10-16(11-9-14)28(32)33/h3-13,21-23H,1-2H3/t21-,22+,23+/m1/s1. The molecule has 0 aromatic heterocycles. The number of anilines is 2. The van der Waals surface area contributed by atoms with E-state index in [0.717, 1.165) is 4.90 Å². The lowest BCUT2D eigenvalue weighted by atomic mass is 9.89. The van der Waals surface area contributed by atoms with Crippen molar-refractivity contribution in [2.24, 2.45) is 5.92 Å². The highest BCUT2D eigenvalue weighted by Crippen LogP contribution is 2.51. The Hall–Kier alpha value is -5.04. The average molecular weight is 520 g/mol. The summed E-state index contributed by atoms with van der Waals surface area (Å²) in [6.45, 7) is 0. The van der Waals surface area contributed by atoms with Gasteiger partial charge < -0.3 is 9.47 Å². The largest absolute Gasteiger partial charge is 0.493 e. The molecule has 0 N–H and O–H groups in total. The van der Waals surface area contributed by atoms with Crippen LogP contribution in [0.2, 0.25) is 0 Å². The Kier molecular flexibility index (Phi) is 6.12. The number of fused-ring (bicyclic) bond motifs is 1. The second-order valence-electron chi connectivity index (χ2n) is 8.47. The van der Waals surface area contributed by atoms with E-state index in [1.165, 1.54) is 55.7 Å². The predicted octanol–water partition coefficient (Wildman–Crippen LogP) is 3.57. The monoisotopic (exact) mass is 520 g/mol. The van der Waals surface area contributed by atoms with Crippen LogP contribution in [0.4, 0.5) is 22.7 Å². The Bertz CT molecular complexity index is 1450. The van der Waals surface area contributed by atoms with Crippen molar-refractivity contribution in [3.63, 3.8) is 0 Å². The zero-order valence-electron chi connectivity index (χ0n) is 20.0. The van der Waals surface area contributed by atoms with Crippen LogP contribution >= 0.6 is 0 Å². The van der Waals surface area contributed by atoms with Crippen LogP contribution in [0.25, 0.3) is 0 Å². The number of hydroxylamine groups is 1. The third-order valence-corrected chi connectivity index (χ3v) is 6.49. The number of non-ortho nitro benzene ring substituents is 1. The molecular formula is C25H20N4O9. The summed E-state index contributed by atoms with van der Waals surface area (Å²) in [5.41, 5.74) is 0.106. The van der Waals surface area contributed by atoms with Gasteiger partial charge in [0.25, 0.3) is 17.3 Å². The first-order chi connectivity index (χ1) is 18.3. The van der Waals surface area contributed by atoms with Gasteiger partial charge in [-0.1, -0.05) is 18.2 Å². The Labute approximate surface area is 215 Å². The van der Waals surface area contributed by atoms with Crippen molar-refractivity contribution in [3.05, 3.63) is 92.5 Å². The van der Waals surface area contributed by atoms with E-state index in [4.69, 9.17) is 14.3 Å². The molecule has 2 heterocycles.